The Morgan fingerprint density at radius 1 is 1.67 bits per heavy atom. The Hall–Kier alpha value is -0.650. The number of hydrogen-bond donors (Lipinski definition) is 2. The summed E-state index contributed by atoms with van der Waals surface area (Å²) in [6.07, 6.45) is 1.71. The van der Waals surface area contributed by atoms with Crippen molar-refractivity contribution in [2.45, 2.75) is 37.5 Å². The van der Waals surface area contributed by atoms with E-state index in [-0.39, 0.29) is 6.10 Å². The summed E-state index contributed by atoms with van der Waals surface area (Å²) in [5.74, 6) is -0.892. The van der Waals surface area contributed by atoms with Crippen molar-refractivity contribution in [1.82, 2.24) is 4.90 Å². The molecule has 2 rings (SSSR count). The molecule has 2 heterocycles. The zero-order chi connectivity index (χ0) is 11.1. The first-order valence-electron chi connectivity index (χ1n) is 5.41. The second-order valence-corrected chi connectivity index (χ2v) is 4.61. The van der Waals surface area contributed by atoms with E-state index in [9.17, 15) is 4.79 Å². The Morgan fingerprint density at radius 3 is 2.87 bits per heavy atom. The molecule has 0 bridgehead atoms. The Balaban J connectivity index is 2.00. The molecule has 3 atom stereocenters. The van der Waals surface area contributed by atoms with Gasteiger partial charge >= 0.3 is 5.97 Å². The largest absolute Gasteiger partial charge is 0.480 e. The second-order valence-electron chi connectivity index (χ2n) is 4.61. The Morgan fingerprint density at radius 2 is 2.40 bits per heavy atom. The number of ether oxygens (including phenoxy) is 1. The van der Waals surface area contributed by atoms with Crippen LogP contribution in [0.25, 0.3) is 0 Å². The topological polar surface area (TPSA) is 75.8 Å². The molecule has 2 aliphatic heterocycles. The summed E-state index contributed by atoms with van der Waals surface area (Å²) in [5, 5.41) is 9.02. The van der Waals surface area contributed by atoms with E-state index >= 15 is 0 Å². The highest BCUT2D eigenvalue weighted by Gasteiger charge is 2.45. The molecule has 0 aliphatic carbocycles. The molecule has 0 spiro atoms. The van der Waals surface area contributed by atoms with E-state index in [0.29, 0.717) is 19.0 Å². The number of carboxylic acid groups (broad SMARTS) is 1. The average Bonchev–Trinajstić information content (AvgIpc) is 2.73. The van der Waals surface area contributed by atoms with Gasteiger partial charge in [-0.25, -0.2) is 0 Å². The summed E-state index contributed by atoms with van der Waals surface area (Å²) < 4.78 is 5.48. The van der Waals surface area contributed by atoms with Gasteiger partial charge in [0.2, 0.25) is 0 Å². The molecule has 0 aromatic heterocycles. The first-order chi connectivity index (χ1) is 7.03. The van der Waals surface area contributed by atoms with Gasteiger partial charge in [0, 0.05) is 25.7 Å². The van der Waals surface area contributed by atoms with Crippen LogP contribution in [0.2, 0.25) is 0 Å². The number of aliphatic carboxylic acids is 1. The molecule has 0 radical (unpaired) electrons. The van der Waals surface area contributed by atoms with Crippen molar-refractivity contribution in [2.24, 2.45) is 5.73 Å². The zero-order valence-corrected chi connectivity index (χ0v) is 8.98. The van der Waals surface area contributed by atoms with E-state index in [0.717, 1.165) is 19.6 Å². The smallest absolute Gasteiger partial charge is 0.325 e. The molecular formula is C10H18N2O3. The van der Waals surface area contributed by atoms with E-state index in [4.69, 9.17) is 15.6 Å². The molecule has 2 fully saturated rings. The van der Waals surface area contributed by atoms with Crippen LogP contribution in [-0.2, 0) is 9.53 Å². The number of nitrogens with two attached hydrogens (primary N) is 1. The second kappa shape index (κ2) is 3.73. The highest BCUT2D eigenvalue weighted by Crippen LogP contribution is 2.27. The summed E-state index contributed by atoms with van der Waals surface area (Å²) in [4.78, 5) is 13.1. The van der Waals surface area contributed by atoms with Gasteiger partial charge in [-0.05, 0) is 19.8 Å². The van der Waals surface area contributed by atoms with Crippen LogP contribution >= 0.6 is 0 Å². The van der Waals surface area contributed by atoms with E-state index in [1.807, 2.05) is 6.92 Å². The van der Waals surface area contributed by atoms with Gasteiger partial charge < -0.3 is 15.6 Å². The third kappa shape index (κ3) is 1.87. The van der Waals surface area contributed by atoms with Gasteiger partial charge in [-0.2, -0.15) is 0 Å². The Kier molecular flexibility index (Phi) is 2.70. The summed E-state index contributed by atoms with van der Waals surface area (Å²) >= 11 is 0. The van der Waals surface area contributed by atoms with Crippen molar-refractivity contribution in [3.05, 3.63) is 0 Å². The molecule has 5 nitrogen and oxygen atoms in total. The minimum absolute atomic E-state index is 0.196. The van der Waals surface area contributed by atoms with Crippen LogP contribution in [0.4, 0.5) is 0 Å². The van der Waals surface area contributed by atoms with Gasteiger partial charge in [0.25, 0.3) is 0 Å². The Bertz CT molecular complexity index is 271. The first kappa shape index (κ1) is 10.9. The van der Waals surface area contributed by atoms with Crippen molar-refractivity contribution in [2.75, 3.05) is 19.7 Å². The van der Waals surface area contributed by atoms with E-state index in [1.54, 1.807) is 0 Å². The van der Waals surface area contributed by atoms with Crippen molar-refractivity contribution < 1.29 is 14.6 Å². The molecule has 86 valence electrons. The lowest BCUT2D eigenvalue weighted by Gasteiger charge is -2.27. The molecule has 3 N–H and O–H groups in total. The molecule has 5 heteroatoms. The molecule has 0 saturated carbocycles. The maximum absolute atomic E-state index is 11.0. The number of nitrogens with zero attached hydrogens (tertiary/aromatic N) is 1. The van der Waals surface area contributed by atoms with Crippen molar-refractivity contribution >= 4 is 5.97 Å². The fourth-order valence-electron chi connectivity index (χ4n) is 2.52. The van der Waals surface area contributed by atoms with Crippen LogP contribution in [0.15, 0.2) is 0 Å². The predicted molar refractivity (Wildman–Crippen MR) is 54.6 cm³/mol. The van der Waals surface area contributed by atoms with Gasteiger partial charge in [0.1, 0.15) is 5.54 Å². The van der Waals surface area contributed by atoms with Crippen LogP contribution < -0.4 is 5.73 Å². The van der Waals surface area contributed by atoms with Gasteiger partial charge in [0.05, 0.1) is 6.10 Å². The number of hydrogen-bond acceptors (Lipinski definition) is 4. The number of carboxylic acids is 1. The van der Waals surface area contributed by atoms with Crippen LogP contribution in [0.3, 0.4) is 0 Å². The quantitative estimate of drug-likeness (QED) is 0.657. The molecule has 2 saturated heterocycles. The molecule has 0 amide bonds. The SMILES string of the molecule is CC1OCCC1N1CCC(N)(C(=O)O)C1. The van der Waals surface area contributed by atoms with Crippen molar-refractivity contribution in [3.8, 4) is 0 Å². The van der Waals surface area contributed by atoms with Crippen LogP contribution in [0.5, 0.6) is 0 Å². The zero-order valence-electron chi connectivity index (χ0n) is 8.98. The molecule has 15 heavy (non-hydrogen) atoms. The lowest BCUT2D eigenvalue weighted by molar-refractivity contribution is -0.142. The van der Waals surface area contributed by atoms with Crippen LogP contribution in [0.1, 0.15) is 19.8 Å². The summed E-state index contributed by atoms with van der Waals surface area (Å²) in [6.45, 7) is 4.02. The van der Waals surface area contributed by atoms with Crippen LogP contribution in [0, 0.1) is 0 Å². The van der Waals surface area contributed by atoms with Gasteiger partial charge in [-0.3, -0.25) is 9.69 Å². The third-order valence-corrected chi connectivity index (χ3v) is 3.56. The standard InChI is InChI=1S/C10H18N2O3/c1-7-8(2-5-15-7)12-4-3-10(11,6-12)9(13)14/h7-8H,2-6,11H2,1H3,(H,13,14). The van der Waals surface area contributed by atoms with Crippen molar-refractivity contribution in [3.63, 3.8) is 0 Å². The molecule has 3 unspecified atom stereocenters. The maximum atomic E-state index is 11.0. The molecule has 0 aromatic rings. The monoisotopic (exact) mass is 214 g/mol. The average molecular weight is 214 g/mol. The summed E-state index contributed by atoms with van der Waals surface area (Å²) in [6, 6.07) is 0.342. The van der Waals surface area contributed by atoms with E-state index < -0.39 is 11.5 Å². The highest BCUT2D eigenvalue weighted by atomic mass is 16.5. The fourth-order valence-corrected chi connectivity index (χ4v) is 2.52. The van der Waals surface area contributed by atoms with Gasteiger partial charge in [0.15, 0.2) is 0 Å². The maximum Gasteiger partial charge on any atom is 0.325 e. The minimum atomic E-state index is -1.05. The lowest BCUT2D eigenvalue weighted by Crippen LogP contribution is -2.51. The van der Waals surface area contributed by atoms with Crippen LogP contribution in [-0.4, -0.2) is 53.4 Å². The molecule has 2 aliphatic rings. The number of likely N-dealkylation sites (tertiary alicyclic amines) is 1. The van der Waals surface area contributed by atoms with Crippen molar-refractivity contribution in [1.29, 1.82) is 0 Å². The molecule has 0 aromatic carbocycles. The lowest BCUT2D eigenvalue weighted by atomic mass is 10.0. The van der Waals surface area contributed by atoms with E-state index in [1.165, 1.54) is 0 Å². The number of carbonyl (C=O) groups is 1. The predicted octanol–water partition coefficient (Wildman–Crippen LogP) is -0.348. The fraction of sp³-hybridized carbons (Fsp3) is 0.900. The number of rotatable bonds is 2. The van der Waals surface area contributed by atoms with E-state index in [2.05, 4.69) is 4.90 Å². The summed E-state index contributed by atoms with van der Waals surface area (Å²) in [5.41, 5.74) is 4.77. The molecular weight excluding hydrogens is 196 g/mol. The van der Waals surface area contributed by atoms with Gasteiger partial charge in [-0.15, -0.1) is 0 Å². The van der Waals surface area contributed by atoms with Gasteiger partial charge in [-0.1, -0.05) is 0 Å². The normalized spacial score (nSPS) is 42.3. The third-order valence-electron chi connectivity index (χ3n) is 3.56. The summed E-state index contributed by atoms with van der Waals surface area (Å²) in [7, 11) is 0. The first-order valence-corrected chi connectivity index (χ1v) is 5.41. The Labute approximate surface area is 89.2 Å². The minimum Gasteiger partial charge on any atom is -0.480 e. The highest BCUT2D eigenvalue weighted by molar-refractivity contribution is 5.79.